The Morgan fingerprint density at radius 3 is 1.30 bits per heavy atom. The number of hydrogen-bond donors (Lipinski definition) is 0. The van der Waals surface area contributed by atoms with E-state index in [9.17, 15) is 4.39 Å². The van der Waals surface area contributed by atoms with E-state index >= 15 is 0 Å². The molecule has 4 nitrogen and oxygen atoms in total. The molecule has 0 saturated carbocycles. The minimum Gasteiger partial charge on any atom is -0.497 e. The fourth-order valence-corrected chi connectivity index (χ4v) is 7.18. The highest BCUT2D eigenvalue weighted by Crippen LogP contribution is 2.50. The molecule has 4 aromatic carbocycles. The van der Waals surface area contributed by atoms with Gasteiger partial charge in [0.25, 0.3) is 0 Å². The first-order valence-corrected chi connectivity index (χ1v) is 12.1. The molecule has 0 aromatic heterocycles. The van der Waals surface area contributed by atoms with E-state index in [2.05, 4.69) is 0 Å². The summed E-state index contributed by atoms with van der Waals surface area (Å²) in [6, 6.07) is 30.2. The summed E-state index contributed by atoms with van der Waals surface area (Å²) in [7, 11) is 2.33. The van der Waals surface area contributed by atoms with E-state index in [4.69, 9.17) is 19.0 Å². The van der Waals surface area contributed by atoms with Gasteiger partial charge in [-0.05, 0) is 91.0 Å². The molecule has 168 valence electrons. The lowest BCUT2D eigenvalue weighted by molar-refractivity contribution is 0.415. The third kappa shape index (κ3) is 4.64. The maximum Gasteiger partial charge on any atom is 0.125 e. The van der Waals surface area contributed by atoms with Crippen LogP contribution in [0.15, 0.2) is 102 Å². The van der Waals surface area contributed by atoms with Crippen molar-refractivity contribution in [1.29, 1.82) is 0 Å². The average molecular weight is 461 g/mol. The summed E-state index contributed by atoms with van der Waals surface area (Å²) in [5.74, 6) is 1.94. The van der Waals surface area contributed by atoms with E-state index in [-0.39, 0.29) is 5.82 Å². The van der Waals surface area contributed by atoms with Gasteiger partial charge in [-0.2, -0.15) is 0 Å². The summed E-state index contributed by atoms with van der Waals surface area (Å²) in [5.41, 5.74) is 0.575. The average Bonchev–Trinajstić information content (AvgIpc) is 2.87. The Morgan fingerprint density at radius 1 is 0.576 bits per heavy atom. The van der Waals surface area contributed by atoms with Crippen molar-refractivity contribution >= 4 is 28.7 Å². The highest BCUT2D eigenvalue weighted by atomic mass is 31.2. The number of hydrogen-bond acceptors (Lipinski definition) is 4. The van der Waals surface area contributed by atoms with Crippen LogP contribution in [0.2, 0.25) is 0 Å². The minimum atomic E-state index is -2.59. The molecule has 0 aliphatic carbocycles. The molecule has 6 heteroatoms. The zero-order valence-electron chi connectivity index (χ0n) is 18.7. The Balaban J connectivity index is 2.09. The monoisotopic (exact) mass is 461 g/mol. The van der Waals surface area contributed by atoms with Gasteiger partial charge in [-0.15, -0.1) is 0 Å². The molecule has 0 radical (unpaired) electrons. The van der Waals surface area contributed by atoms with Crippen molar-refractivity contribution in [3.63, 3.8) is 0 Å². The molecule has 0 bridgehead atoms. The summed E-state index contributed by atoms with van der Waals surface area (Å²) in [6.07, 6.45) is 0. The summed E-state index contributed by atoms with van der Waals surface area (Å²) in [5, 5.41) is 3.05. The predicted octanol–water partition coefficient (Wildman–Crippen LogP) is 5.66. The summed E-state index contributed by atoms with van der Waals surface area (Å²) >= 11 is 0. The molecule has 0 aliphatic heterocycles. The van der Waals surface area contributed by atoms with E-state index in [1.807, 2.05) is 78.9 Å². The van der Waals surface area contributed by atoms with Gasteiger partial charge >= 0.3 is 0 Å². The number of rotatable bonds is 7. The first kappa shape index (κ1) is 22.6. The second-order valence-electron chi connectivity index (χ2n) is 7.31. The molecule has 0 heterocycles. The zero-order chi connectivity index (χ0) is 23.3. The largest absolute Gasteiger partial charge is 0.497 e. The SMILES string of the molecule is COc1ccc(P(=Nc2cccc(F)c2)(c2ccc(OC)cc2)c2ccc(OC)cc2)cc1. The Hall–Kier alpha value is -3.56. The molecule has 0 saturated heterocycles. The van der Waals surface area contributed by atoms with Crippen molar-refractivity contribution in [2.75, 3.05) is 21.3 Å². The third-order valence-corrected chi connectivity index (χ3v) is 9.08. The van der Waals surface area contributed by atoms with Crippen LogP contribution in [0.3, 0.4) is 0 Å². The van der Waals surface area contributed by atoms with Gasteiger partial charge in [0.1, 0.15) is 23.1 Å². The van der Waals surface area contributed by atoms with Gasteiger partial charge < -0.3 is 14.2 Å². The van der Waals surface area contributed by atoms with Crippen molar-refractivity contribution in [2.24, 2.45) is 4.74 Å². The number of halogens is 1. The van der Waals surface area contributed by atoms with Gasteiger partial charge in [0.05, 0.1) is 34.1 Å². The maximum absolute atomic E-state index is 14.1. The van der Waals surface area contributed by atoms with E-state index in [0.717, 1.165) is 33.2 Å². The van der Waals surface area contributed by atoms with Crippen LogP contribution in [0.4, 0.5) is 10.1 Å². The third-order valence-electron chi connectivity index (χ3n) is 5.41. The Labute approximate surface area is 193 Å². The normalized spacial score (nSPS) is 11.0. The molecule has 0 unspecified atom stereocenters. The molecule has 0 aliphatic rings. The van der Waals surface area contributed by atoms with Crippen LogP contribution < -0.4 is 30.1 Å². The second kappa shape index (κ2) is 9.93. The Bertz CT molecular complexity index is 1150. The van der Waals surface area contributed by atoms with Crippen LogP contribution in [0, 0.1) is 5.82 Å². The fourth-order valence-electron chi connectivity index (χ4n) is 3.73. The molecule has 0 amide bonds. The van der Waals surface area contributed by atoms with Gasteiger partial charge in [-0.3, -0.25) is 4.74 Å². The standard InChI is InChI=1S/C27H25FNO3P/c1-30-22-7-13-25(14-8-22)33(26-15-9-23(31-2)10-16-26,27-17-11-24(32-3)12-18-27)29-21-6-4-5-20(28)19-21/h4-19H,1-3H3. The highest BCUT2D eigenvalue weighted by Gasteiger charge is 2.28. The molecule has 0 N–H and O–H groups in total. The number of methoxy groups -OCH3 is 3. The van der Waals surface area contributed by atoms with Gasteiger partial charge in [0.2, 0.25) is 0 Å². The van der Waals surface area contributed by atoms with Crippen LogP contribution in [0.25, 0.3) is 0 Å². The van der Waals surface area contributed by atoms with Gasteiger partial charge in [-0.25, -0.2) is 4.39 Å². The number of ether oxygens (including phenoxy) is 3. The predicted molar refractivity (Wildman–Crippen MR) is 133 cm³/mol. The quantitative estimate of drug-likeness (QED) is 0.334. The molecule has 0 spiro atoms. The van der Waals surface area contributed by atoms with Gasteiger partial charge in [0, 0.05) is 15.9 Å². The molecule has 4 aromatic rings. The van der Waals surface area contributed by atoms with Crippen molar-refractivity contribution in [3.05, 3.63) is 103 Å². The van der Waals surface area contributed by atoms with Crippen molar-refractivity contribution < 1.29 is 18.6 Å². The van der Waals surface area contributed by atoms with Crippen molar-refractivity contribution in [3.8, 4) is 17.2 Å². The fraction of sp³-hybridized carbons (Fsp3) is 0.111. The lowest BCUT2D eigenvalue weighted by atomic mass is 10.3. The lowest BCUT2D eigenvalue weighted by Crippen LogP contribution is -2.25. The maximum atomic E-state index is 14.1. The van der Waals surface area contributed by atoms with E-state index in [1.54, 1.807) is 27.4 Å². The Kier molecular flexibility index (Phi) is 6.81. The zero-order valence-corrected chi connectivity index (χ0v) is 19.6. The van der Waals surface area contributed by atoms with Crippen LogP contribution in [0.1, 0.15) is 0 Å². The smallest absolute Gasteiger partial charge is 0.125 e. The molecule has 4 rings (SSSR count). The van der Waals surface area contributed by atoms with E-state index in [1.165, 1.54) is 12.1 Å². The van der Waals surface area contributed by atoms with Gasteiger partial charge in [0.15, 0.2) is 0 Å². The van der Waals surface area contributed by atoms with Crippen LogP contribution in [-0.2, 0) is 0 Å². The number of benzene rings is 4. The van der Waals surface area contributed by atoms with E-state index < -0.39 is 7.05 Å². The molecule has 0 fully saturated rings. The molecule has 0 atom stereocenters. The van der Waals surface area contributed by atoms with Crippen molar-refractivity contribution in [1.82, 2.24) is 0 Å². The topological polar surface area (TPSA) is 40.0 Å². The van der Waals surface area contributed by atoms with Crippen molar-refractivity contribution in [2.45, 2.75) is 0 Å². The highest BCUT2D eigenvalue weighted by molar-refractivity contribution is 7.87. The first-order valence-electron chi connectivity index (χ1n) is 10.4. The van der Waals surface area contributed by atoms with Crippen LogP contribution >= 0.6 is 7.05 Å². The Morgan fingerprint density at radius 2 is 0.970 bits per heavy atom. The molecule has 33 heavy (non-hydrogen) atoms. The van der Waals surface area contributed by atoms with Gasteiger partial charge in [-0.1, -0.05) is 6.07 Å². The molecular weight excluding hydrogens is 436 g/mol. The number of nitrogens with zero attached hydrogens (tertiary/aromatic N) is 1. The van der Waals surface area contributed by atoms with Crippen LogP contribution in [-0.4, -0.2) is 21.3 Å². The van der Waals surface area contributed by atoms with E-state index in [0.29, 0.717) is 5.69 Å². The first-order chi connectivity index (χ1) is 16.1. The van der Waals surface area contributed by atoms with Crippen LogP contribution in [0.5, 0.6) is 17.2 Å². The lowest BCUT2D eigenvalue weighted by Gasteiger charge is -2.27. The second-order valence-corrected chi connectivity index (χ2v) is 10.3. The minimum absolute atomic E-state index is 0.325. The summed E-state index contributed by atoms with van der Waals surface area (Å²) in [4.78, 5) is 0. The summed E-state index contributed by atoms with van der Waals surface area (Å²) < 4.78 is 35.6. The summed E-state index contributed by atoms with van der Waals surface area (Å²) in [6.45, 7) is 0. The molecular formula is C27H25FNO3P.